The minimum absolute atomic E-state index is 0.00158. The van der Waals surface area contributed by atoms with Crippen LogP contribution in [0.15, 0.2) is 0 Å². The van der Waals surface area contributed by atoms with Crippen molar-refractivity contribution in [3.63, 3.8) is 0 Å². The predicted octanol–water partition coefficient (Wildman–Crippen LogP) is 0.602. The Morgan fingerprint density at radius 3 is 2.53 bits per heavy atom. The van der Waals surface area contributed by atoms with Crippen molar-refractivity contribution in [2.24, 2.45) is 0 Å². The van der Waals surface area contributed by atoms with Crippen molar-refractivity contribution < 1.29 is 13.2 Å². The van der Waals surface area contributed by atoms with Crippen LogP contribution in [0.4, 0.5) is 0 Å². The Morgan fingerprint density at radius 2 is 1.89 bits per heavy atom. The first-order valence-corrected chi connectivity index (χ1v) is 9.01. The molecule has 0 aromatic carbocycles. The zero-order valence-electron chi connectivity index (χ0n) is 11.4. The molecule has 1 saturated carbocycles. The molecule has 2 fully saturated rings. The van der Waals surface area contributed by atoms with E-state index in [1.807, 2.05) is 0 Å². The molecule has 1 atom stereocenters. The van der Waals surface area contributed by atoms with E-state index in [1.54, 1.807) is 0 Å². The Kier molecular flexibility index (Phi) is 5.21. The van der Waals surface area contributed by atoms with Crippen LogP contribution in [0.5, 0.6) is 0 Å². The fourth-order valence-electron chi connectivity index (χ4n) is 2.91. The summed E-state index contributed by atoms with van der Waals surface area (Å²) in [6, 6.07) is 0.357. The van der Waals surface area contributed by atoms with Crippen molar-refractivity contribution in [3.8, 4) is 0 Å². The molecule has 2 aliphatic rings. The molecule has 1 heterocycles. The van der Waals surface area contributed by atoms with Gasteiger partial charge in [0, 0.05) is 19.0 Å². The molecule has 19 heavy (non-hydrogen) atoms. The van der Waals surface area contributed by atoms with Gasteiger partial charge in [-0.1, -0.05) is 12.8 Å². The summed E-state index contributed by atoms with van der Waals surface area (Å²) in [6.07, 6.45) is 5.89. The van der Waals surface area contributed by atoms with E-state index in [9.17, 15) is 13.2 Å². The van der Waals surface area contributed by atoms with Crippen LogP contribution in [-0.4, -0.2) is 44.5 Å². The van der Waals surface area contributed by atoms with Gasteiger partial charge >= 0.3 is 0 Å². The van der Waals surface area contributed by atoms with Crippen LogP contribution in [0.1, 0.15) is 44.9 Å². The van der Waals surface area contributed by atoms with Gasteiger partial charge in [0.1, 0.15) is 0 Å². The molecule has 2 N–H and O–H groups in total. The number of amides is 1. The molecule has 110 valence electrons. The van der Waals surface area contributed by atoms with Gasteiger partial charge in [-0.05, 0) is 32.2 Å². The van der Waals surface area contributed by atoms with Crippen molar-refractivity contribution in [2.45, 2.75) is 56.2 Å². The molecule has 1 aliphatic carbocycles. The minimum Gasteiger partial charge on any atom is -0.355 e. The summed E-state index contributed by atoms with van der Waals surface area (Å²) >= 11 is 0. The highest BCUT2D eigenvalue weighted by Gasteiger charge is 2.28. The van der Waals surface area contributed by atoms with Crippen LogP contribution in [0.25, 0.3) is 0 Å². The topological polar surface area (TPSA) is 75.3 Å². The third-order valence-electron chi connectivity index (χ3n) is 4.13. The number of carbonyl (C=O) groups is 1. The SMILES string of the molecule is O=C(CCS(=O)(=O)C1CCCC1)NCC1CCCN1. The van der Waals surface area contributed by atoms with Gasteiger partial charge in [0.25, 0.3) is 0 Å². The number of rotatable bonds is 6. The lowest BCUT2D eigenvalue weighted by molar-refractivity contribution is -0.120. The van der Waals surface area contributed by atoms with Crippen LogP contribution in [-0.2, 0) is 14.6 Å². The summed E-state index contributed by atoms with van der Waals surface area (Å²) in [5, 5.41) is 5.92. The number of sulfone groups is 1. The maximum absolute atomic E-state index is 12.0. The van der Waals surface area contributed by atoms with Gasteiger partial charge in [-0.3, -0.25) is 4.79 Å². The smallest absolute Gasteiger partial charge is 0.221 e. The highest BCUT2D eigenvalue weighted by atomic mass is 32.2. The lowest BCUT2D eigenvalue weighted by Crippen LogP contribution is -2.38. The van der Waals surface area contributed by atoms with Crippen molar-refractivity contribution >= 4 is 15.7 Å². The van der Waals surface area contributed by atoms with E-state index < -0.39 is 9.84 Å². The predicted molar refractivity (Wildman–Crippen MR) is 74.7 cm³/mol. The average molecular weight is 288 g/mol. The molecule has 0 aromatic rings. The van der Waals surface area contributed by atoms with Crippen LogP contribution in [0.2, 0.25) is 0 Å². The maximum atomic E-state index is 12.0. The molecule has 1 amide bonds. The van der Waals surface area contributed by atoms with Crippen LogP contribution in [0, 0.1) is 0 Å². The Morgan fingerprint density at radius 1 is 1.16 bits per heavy atom. The lowest BCUT2D eigenvalue weighted by atomic mass is 10.2. The standard InChI is InChI=1S/C13H24N2O3S/c16-13(15-10-11-4-3-8-14-11)7-9-19(17,18)12-5-1-2-6-12/h11-12,14H,1-10H2,(H,15,16). The molecule has 0 radical (unpaired) electrons. The largest absolute Gasteiger partial charge is 0.355 e. The van der Waals surface area contributed by atoms with Gasteiger partial charge in [-0.15, -0.1) is 0 Å². The van der Waals surface area contributed by atoms with E-state index in [2.05, 4.69) is 10.6 Å². The molecular weight excluding hydrogens is 264 g/mol. The molecule has 1 saturated heterocycles. The number of hydrogen-bond donors (Lipinski definition) is 2. The quantitative estimate of drug-likeness (QED) is 0.750. The second kappa shape index (κ2) is 6.70. The maximum Gasteiger partial charge on any atom is 0.221 e. The van der Waals surface area contributed by atoms with Crippen LogP contribution in [0.3, 0.4) is 0 Å². The number of carbonyl (C=O) groups excluding carboxylic acids is 1. The van der Waals surface area contributed by atoms with Gasteiger partial charge in [0.05, 0.1) is 11.0 Å². The monoisotopic (exact) mass is 288 g/mol. The minimum atomic E-state index is -3.07. The third-order valence-corrected chi connectivity index (χ3v) is 6.39. The average Bonchev–Trinajstić information content (AvgIpc) is 3.06. The second-order valence-electron chi connectivity index (χ2n) is 5.62. The van der Waals surface area contributed by atoms with Crippen molar-refractivity contribution in [2.75, 3.05) is 18.8 Å². The zero-order valence-corrected chi connectivity index (χ0v) is 12.2. The molecule has 1 aliphatic heterocycles. The van der Waals surface area contributed by atoms with Gasteiger partial charge in [0.2, 0.25) is 5.91 Å². The summed E-state index contributed by atoms with van der Waals surface area (Å²) < 4.78 is 24.0. The molecule has 5 nitrogen and oxygen atoms in total. The Labute approximate surface area is 115 Å². The fraction of sp³-hybridized carbons (Fsp3) is 0.923. The van der Waals surface area contributed by atoms with Gasteiger partial charge < -0.3 is 10.6 Å². The van der Waals surface area contributed by atoms with E-state index in [0.29, 0.717) is 12.6 Å². The van der Waals surface area contributed by atoms with Crippen LogP contribution >= 0.6 is 0 Å². The first kappa shape index (κ1) is 14.8. The first-order valence-electron chi connectivity index (χ1n) is 7.29. The van der Waals surface area contributed by atoms with Gasteiger partial charge in [-0.25, -0.2) is 8.42 Å². The van der Waals surface area contributed by atoms with Gasteiger partial charge in [0.15, 0.2) is 9.84 Å². The number of hydrogen-bond acceptors (Lipinski definition) is 4. The summed E-state index contributed by atoms with van der Waals surface area (Å²) in [5.41, 5.74) is 0. The van der Waals surface area contributed by atoms with Crippen LogP contribution < -0.4 is 10.6 Å². The molecular formula is C13H24N2O3S. The molecule has 2 rings (SSSR count). The first-order chi connectivity index (χ1) is 9.08. The highest BCUT2D eigenvalue weighted by Crippen LogP contribution is 2.25. The second-order valence-corrected chi connectivity index (χ2v) is 8.02. The Bertz CT molecular complexity index is 396. The van der Waals surface area contributed by atoms with E-state index in [4.69, 9.17) is 0 Å². The number of nitrogens with one attached hydrogen (secondary N) is 2. The zero-order chi connectivity index (χ0) is 13.7. The Hall–Kier alpha value is -0.620. The Balaban J connectivity index is 1.67. The van der Waals surface area contributed by atoms with Crippen molar-refractivity contribution in [1.82, 2.24) is 10.6 Å². The molecule has 0 spiro atoms. The summed E-state index contributed by atoms with van der Waals surface area (Å²) in [4.78, 5) is 11.7. The van der Waals surface area contributed by atoms with E-state index in [0.717, 1.165) is 45.1 Å². The summed E-state index contributed by atoms with van der Waals surface area (Å²) in [5.74, 6) is -0.142. The van der Waals surface area contributed by atoms with Crippen molar-refractivity contribution in [3.05, 3.63) is 0 Å². The van der Waals surface area contributed by atoms with E-state index in [1.165, 1.54) is 0 Å². The van der Waals surface area contributed by atoms with E-state index >= 15 is 0 Å². The molecule has 1 unspecified atom stereocenters. The van der Waals surface area contributed by atoms with Crippen molar-refractivity contribution in [1.29, 1.82) is 0 Å². The third kappa shape index (κ3) is 4.45. The van der Waals surface area contributed by atoms with Gasteiger partial charge in [-0.2, -0.15) is 0 Å². The lowest BCUT2D eigenvalue weighted by Gasteiger charge is -2.13. The summed E-state index contributed by atoms with van der Waals surface area (Å²) in [7, 11) is -3.07. The van der Waals surface area contributed by atoms with E-state index in [-0.39, 0.29) is 23.3 Å². The molecule has 0 bridgehead atoms. The molecule has 6 heteroatoms. The normalized spacial score (nSPS) is 24.7. The fourth-order valence-corrected chi connectivity index (χ4v) is 4.76. The highest BCUT2D eigenvalue weighted by molar-refractivity contribution is 7.92. The molecule has 0 aromatic heterocycles. The summed E-state index contributed by atoms with van der Waals surface area (Å²) in [6.45, 7) is 1.62.